The lowest BCUT2D eigenvalue weighted by Crippen LogP contribution is -2.15. The van der Waals surface area contributed by atoms with Gasteiger partial charge in [0.25, 0.3) is 0 Å². The molecular formula is C24H30O12. The number of hydrogen-bond donors (Lipinski definition) is 0. The Morgan fingerprint density at radius 1 is 0.639 bits per heavy atom. The van der Waals surface area contributed by atoms with Crippen LogP contribution in [0.1, 0.15) is 20.7 Å². The maximum Gasteiger partial charge on any atom is 0.338 e. The Kier molecular flexibility index (Phi) is 16.3. The van der Waals surface area contributed by atoms with Crippen molar-refractivity contribution in [1.29, 1.82) is 0 Å². The molecule has 1 rings (SSSR count). The molecular weight excluding hydrogens is 480 g/mol. The summed E-state index contributed by atoms with van der Waals surface area (Å²) in [4.78, 5) is 35.9. The average Bonchev–Trinajstić information content (AvgIpc) is 2.89. The predicted molar refractivity (Wildman–Crippen MR) is 124 cm³/mol. The van der Waals surface area contributed by atoms with Gasteiger partial charge >= 0.3 is 17.9 Å². The van der Waals surface area contributed by atoms with E-state index in [1.807, 2.05) is 0 Å². The van der Waals surface area contributed by atoms with E-state index in [1.165, 1.54) is 30.7 Å². The summed E-state index contributed by atoms with van der Waals surface area (Å²) < 4.78 is 45.5. The lowest BCUT2D eigenvalue weighted by molar-refractivity contribution is -0.140. The Bertz CT molecular complexity index is 801. The minimum absolute atomic E-state index is 0.00201. The van der Waals surface area contributed by atoms with Crippen molar-refractivity contribution in [1.82, 2.24) is 0 Å². The maximum absolute atomic E-state index is 12.5. The molecule has 0 bridgehead atoms. The minimum atomic E-state index is -0.718. The number of rotatable bonds is 21. The van der Waals surface area contributed by atoms with Crippen molar-refractivity contribution in [2.24, 2.45) is 0 Å². The van der Waals surface area contributed by atoms with Crippen LogP contribution in [-0.4, -0.2) is 77.9 Å². The molecule has 1 aromatic rings. The molecule has 0 aliphatic carbocycles. The lowest BCUT2D eigenvalue weighted by atomic mass is 10.1. The van der Waals surface area contributed by atoms with Gasteiger partial charge < -0.3 is 42.6 Å². The van der Waals surface area contributed by atoms with Crippen molar-refractivity contribution >= 4 is 17.9 Å². The zero-order valence-corrected chi connectivity index (χ0v) is 19.8. The maximum atomic E-state index is 12.5. The second-order valence-corrected chi connectivity index (χ2v) is 6.28. The summed E-state index contributed by atoms with van der Waals surface area (Å²) in [6, 6.07) is 4.05. The largest absolute Gasteiger partial charge is 0.476 e. The Balaban J connectivity index is 2.70. The van der Waals surface area contributed by atoms with Gasteiger partial charge in [0.2, 0.25) is 0 Å². The fourth-order valence-electron chi connectivity index (χ4n) is 2.21. The smallest absolute Gasteiger partial charge is 0.338 e. The van der Waals surface area contributed by atoms with Gasteiger partial charge in [0.1, 0.15) is 25.6 Å². The standard InChI is InChI=1S/C24H30O12/c1-4-22(25)33-10-7-32-18-36-21-14-19(23(26)34-11-8-30-16-28-5-2)13-20(15-21)24(27)35-12-9-31-17-29-6-3/h4-6,13-15H,1-3,7-12,16-18H2. The summed E-state index contributed by atoms with van der Waals surface area (Å²) in [7, 11) is 0. The SMILES string of the molecule is C=COCOCCOC(=O)c1cc(OCOCCOC(=O)C=C)cc(C(=O)OCCOCOC=C)c1. The third-order valence-electron chi connectivity index (χ3n) is 3.79. The van der Waals surface area contributed by atoms with Crippen LogP contribution < -0.4 is 4.74 Å². The van der Waals surface area contributed by atoms with Crippen molar-refractivity contribution in [3.63, 3.8) is 0 Å². The third kappa shape index (κ3) is 13.7. The number of benzene rings is 1. The monoisotopic (exact) mass is 510 g/mol. The highest BCUT2D eigenvalue weighted by Gasteiger charge is 2.16. The van der Waals surface area contributed by atoms with Crippen LogP contribution in [0.4, 0.5) is 0 Å². The summed E-state index contributed by atoms with van der Waals surface area (Å²) in [5, 5.41) is 0. The van der Waals surface area contributed by atoms with Crippen molar-refractivity contribution in [2.45, 2.75) is 0 Å². The van der Waals surface area contributed by atoms with E-state index in [9.17, 15) is 14.4 Å². The molecule has 0 saturated carbocycles. The fourth-order valence-corrected chi connectivity index (χ4v) is 2.21. The highest BCUT2D eigenvalue weighted by atomic mass is 16.7. The molecule has 36 heavy (non-hydrogen) atoms. The Morgan fingerprint density at radius 3 is 1.58 bits per heavy atom. The molecule has 0 amide bonds. The van der Waals surface area contributed by atoms with Crippen LogP contribution in [-0.2, 0) is 42.7 Å². The van der Waals surface area contributed by atoms with Gasteiger partial charge in [-0.3, -0.25) is 0 Å². The van der Waals surface area contributed by atoms with Crippen LogP contribution in [0.5, 0.6) is 5.75 Å². The van der Waals surface area contributed by atoms with Crippen LogP contribution in [0.2, 0.25) is 0 Å². The molecule has 12 heteroatoms. The van der Waals surface area contributed by atoms with E-state index in [0.717, 1.165) is 6.08 Å². The van der Waals surface area contributed by atoms with Gasteiger partial charge in [0, 0.05) is 6.08 Å². The first-order valence-corrected chi connectivity index (χ1v) is 10.6. The number of esters is 3. The van der Waals surface area contributed by atoms with Crippen LogP contribution in [0.3, 0.4) is 0 Å². The van der Waals surface area contributed by atoms with E-state index in [0.29, 0.717) is 0 Å². The quantitative estimate of drug-likeness (QED) is 0.0600. The Hall–Kier alpha value is -3.87. The summed E-state index contributed by atoms with van der Waals surface area (Å²) in [5.74, 6) is -1.87. The molecule has 0 aromatic heterocycles. The van der Waals surface area contributed by atoms with E-state index < -0.39 is 17.9 Å². The number of hydrogen-bond acceptors (Lipinski definition) is 12. The number of carbonyl (C=O) groups is 3. The van der Waals surface area contributed by atoms with Gasteiger partial charge in [-0.15, -0.1) is 0 Å². The Labute approximate surface area is 208 Å². The van der Waals surface area contributed by atoms with Gasteiger partial charge in [-0.2, -0.15) is 0 Å². The third-order valence-corrected chi connectivity index (χ3v) is 3.79. The average molecular weight is 510 g/mol. The summed E-state index contributed by atoms with van der Waals surface area (Å²) in [6.45, 7) is 9.84. The zero-order valence-electron chi connectivity index (χ0n) is 19.8. The molecule has 0 saturated heterocycles. The molecule has 0 atom stereocenters. The number of ether oxygens (including phenoxy) is 9. The first-order chi connectivity index (χ1) is 17.5. The molecule has 0 aliphatic rings. The van der Waals surface area contributed by atoms with Gasteiger partial charge in [-0.25, -0.2) is 14.4 Å². The summed E-state index contributed by atoms with van der Waals surface area (Å²) >= 11 is 0. The molecule has 0 spiro atoms. The van der Waals surface area contributed by atoms with Gasteiger partial charge in [0.15, 0.2) is 20.4 Å². The highest BCUT2D eigenvalue weighted by Crippen LogP contribution is 2.19. The number of carbonyl (C=O) groups excluding carboxylic acids is 3. The molecule has 0 fully saturated rings. The van der Waals surface area contributed by atoms with Gasteiger partial charge in [0.05, 0.1) is 43.5 Å². The van der Waals surface area contributed by atoms with Gasteiger partial charge in [-0.05, 0) is 18.2 Å². The van der Waals surface area contributed by atoms with Crippen molar-refractivity contribution in [2.75, 3.05) is 60.0 Å². The predicted octanol–water partition coefficient (Wildman–Crippen LogP) is 2.35. The van der Waals surface area contributed by atoms with Gasteiger partial charge in [-0.1, -0.05) is 19.7 Å². The molecule has 0 N–H and O–H groups in total. The molecule has 0 heterocycles. The molecule has 198 valence electrons. The van der Waals surface area contributed by atoms with Crippen LogP contribution in [0.15, 0.2) is 56.5 Å². The molecule has 0 unspecified atom stereocenters. The highest BCUT2D eigenvalue weighted by molar-refractivity contribution is 5.96. The fraction of sp³-hybridized carbons (Fsp3) is 0.375. The van der Waals surface area contributed by atoms with Crippen molar-refractivity contribution in [3.05, 3.63) is 67.7 Å². The zero-order chi connectivity index (χ0) is 26.4. The summed E-state index contributed by atoms with van der Waals surface area (Å²) in [5.41, 5.74) is 0.0784. The lowest BCUT2D eigenvalue weighted by Gasteiger charge is -2.12. The molecule has 0 radical (unpaired) electrons. The first kappa shape index (κ1) is 30.2. The molecule has 12 nitrogen and oxygen atoms in total. The normalized spacial score (nSPS) is 10.0. The second kappa shape index (κ2) is 19.4. The molecule has 1 aromatic carbocycles. The Morgan fingerprint density at radius 2 is 1.11 bits per heavy atom. The van der Waals surface area contributed by atoms with E-state index in [2.05, 4.69) is 19.7 Å². The molecule has 0 aliphatic heterocycles. The first-order valence-electron chi connectivity index (χ1n) is 10.6. The van der Waals surface area contributed by atoms with Crippen LogP contribution >= 0.6 is 0 Å². The second-order valence-electron chi connectivity index (χ2n) is 6.28. The topological polar surface area (TPSA) is 134 Å². The van der Waals surface area contributed by atoms with E-state index >= 15 is 0 Å². The van der Waals surface area contributed by atoms with Crippen molar-refractivity contribution in [3.8, 4) is 5.75 Å². The van der Waals surface area contributed by atoms with Crippen LogP contribution in [0.25, 0.3) is 0 Å². The van der Waals surface area contributed by atoms with Crippen molar-refractivity contribution < 1.29 is 57.0 Å². The summed E-state index contributed by atoms with van der Waals surface area (Å²) in [6.07, 6.45) is 3.47. The van der Waals surface area contributed by atoms with E-state index in [-0.39, 0.29) is 76.9 Å². The van der Waals surface area contributed by atoms with E-state index in [4.69, 9.17) is 42.6 Å². The van der Waals surface area contributed by atoms with Crippen LogP contribution in [0, 0.1) is 0 Å². The van der Waals surface area contributed by atoms with E-state index in [1.54, 1.807) is 0 Å². The minimum Gasteiger partial charge on any atom is -0.476 e.